The highest BCUT2D eigenvalue weighted by Crippen LogP contribution is 2.16. The Labute approximate surface area is 124 Å². The molecule has 0 radical (unpaired) electrons. The Hall–Kier alpha value is -2.11. The summed E-state index contributed by atoms with van der Waals surface area (Å²) in [7, 11) is -0.521. The van der Waals surface area contributed by atoms with E-state index in [9.17, 15) is 13.2 Å². The van der Waals surface area contributed by atoms with Crippen molar-refractivity contribution in [1.82, 2.24) is 14.9 Å². The van der Waals surface area contributed by atoms with Crippen LogP contribution >= 0.6 is 0 Å². The molecule has 21 heavy (non-hydrogen) atoms. The molecular weight excluding hydrogens is 292 g/mol. The normalized spacial score (nSPS) is 10.8. The number of hydrogen-bond acceptors (Lipinski definition) is 4. The van der Waals surface area contributed by atoms with Crippen molar-refractivity contribution in [1.29, 1.82) is 5.26 Å². The summed E-state index contributed by atoms with van der Waals surface area (Å²) in [6, 6.07) is 6.09. The first-order chi connectivity index (χ1) is 9.77. The van der Waals surface area contributed by atoms with Crippen molar-refractivity contribution in [3.8, 4) is 6.07 Å². The Morgan fingerprint density at radius 2 is 2.00 bits per heavy atom. The fraction of sp³-hybridized carbons (Fsp3) is 0.385. The summed E-state index contributed by atoms with van der Waals surface area (Å²) in [4.78, 5) is 12.7. The first kappa shape index (κ1) is 16.9. The lowest BCUT2D eigenvalue weighted by Crippen LogP contribution is -2.39. The molecule has 0 unspecified atom stereocenters. The van der Waals surface area contributed by atoms with Crippen molar-refractivity contribution in [2.24, 2.45) is 0 Å². The zero-order valence-corrected chi connectivity index (χ0v) is 13.0. The van der Waals surface area contributed by atoms with Gasteiger partial charge in [0.1, 0.15) is 0 Å². The third kappa shape index (κ3) is 4.73. The number of urea groups is 1. The zero-order valence-electron chi connectivity index (χ0n) is 12.2. The maximum Gasteiger partial charge on any atom is 0.316 e. The number of benzene rings is 1. The second-order valence-electron chi connectivity index (χ2n) is 4.62. The maximum atomic E-state index is 12.2. The zero-order chi connectivity index (χ0) is 16.0. The van der Waals surface area contributed by atoms with E-state index in [2.05, 4.69) is 10.0 Å². The first-order valence-electron chi connectivity index (χ1n) is 6.23. The van der Waals surface area contributed by atoms with Crippen LogP contribution in [0.5, 0.6) is 0 Å². The standard InChI is InChI=1S/C13H18N4O3S/c1-10-4-5-11(9-14)8-12(10)21(19,20)16-7-6-15-13(18)17(2)3/h4-5,8,16H,6-7H2,1-3H3,(H,15,18). The molecule has 114 valence electrons. The van der Waals surface area contributed by atoms with Crippen LogP contribution in [-0.4, -0.2) is 46.5 Å². The van der Waals surface area contributed by atoms with E-state index < -0.39 is 10.0 Å². The fourth-order valence-corrected chi connectivity index (χ4v) is 2.85. The molecule has 1 aromatic rings. The molecule has 8 heteroatoms. The third-order valence-electron chi connectivity index (χ3n) is 2.71. The van der Waals surface area contributed by atoms with Crippen LogP contribution in [0.15, 0.2) is 23.1 Å². The highest BCUT2D eigenvalue weighted by Gasteiger charge is 2.17. The van der Waals surface area contributed by atoms with Crippen LogP contribution in [-0.2, 0) is 10.0 Å². The topological polar surface area (TPSA) is 102 Å². The van der Waals surface area contributed by atoms with Gasteiger partial charge in [-0.3, -0.25) is 0 Å². The average Bonchev–Trinajstić information content (AvgIpc) is 2.43. The molecule has 1 aromatic carbocycles. The predicted octanol–water partition coefficient (Wildman–Crippen LogP) is 0.416. The lowest BCUT2D eigenvalue weighted by atomic mass is 10.2. The number of hydrogen-bond donors (Lipinski definition) is 2. The van der Waals surface area contributed by atoms with E-state index in [-0.39, 0.29) is 29.6 Å². The van der Waals surface area contributed by atoms with Gasteiger partial charge in [0.25, 0.3) is 0 Å². The van der Waals surface area contributed by atoms with Gasteiger partial charge in [-0.1, -0.05) is 6.07 Å². The SMILES string of the molecule is Cc1ccc(C#N)cc1S(=O)(=O)NCCNC(=O)N(C)C. The van der Waals surface area contributed by atoms with Crippen molar-refractivity contribution in [3.05, 3.63) is 29.3 Å². The number of carbonyl (C=O) groups is 1. The highest BCUT2D eigenvalue weighted by atomic mass is 32.2. The molecule has 0 bridgehead atoms. The van der Waals surface area contributed by atoms with E-state index in [1.54, 1.807) is 33.2 Å². The van der Waals surface area contributed by atoms with Gasteiger partial charge in [0.05, 0.1) is 16.5 Å². The van der Waals surface area contributed by atoms with E-state index in [1.165, 1.54) is 11.0 Å². The summed E-state index contributed by atoms with van der Waals surface area (Å²) in [5.41, 5.74) is 0.834. The molecule has 7 nitrogen and oxygen atoms in total. The Balaban J connectivity index is 2.71. The molecule has 0 spiro atoms. The third-order valence-corrected chi connectivity index (χ3v) is 4.31. The van der Waals surface area contributed by atoms with Crippen LogP contribution in [0.2, 0.25) is 0 Å². The van der Waals surface area contributed by atoms with Gasteiger partial charge in [0, 0.05) is 27.2 Å². The second kappa shape index (κ2) is 7.06. The van der Waals surface area contributed by atoms with Crippen LogP contribution in [0, 0.1) is 18.3 Å². The van der Waals surface area contributed by atoms with Gasteiger partial charge in [0.2, 0.25) is 10.0 Å². The Morgan fingerprint density at radius 1 is 1.33 bits per heavy atom. The molecule has 1 rings (SSSR count). The molecular formula is C13H18N4O3S. The molecule has 0 saturated heterocycles. The maximum absolute atomic E-state index is 12.2. The number of nitrogens with one attached hydrogen (secondary N) is 2. The summed E-state index contributed by atoms with van der Waals surface area (Å²) in [5.74, 6) is 0. The number of aryl methyl sites for hydroxylation is 1. The van der Waals surface area contributed by atoms with Crippen molar-refractivity contribution >= 4 is 16.1 Å². The molecule has 0 aliphatic carbocycles. The highest BCUT2D eigenvalue weighted by molar-refractivity contribution is 7.89. The molecule has 0 atom stereocenters. The van der Waals surface area contributed by atoms with Crippen molar-refractivity contribution < 1.29 is 13.2 Å². The average molecular weight is 310 g/mol. The number of rotatable bonds is 5. The fourth-order valence-electron chi connectivity index (χ4n) is 1.55. The largest absolute Gasteiger partial charge is 0.337 e. The Kier molecular flexibility index (Phi) is 5.69. The van der Waals surface area contributed by atoms with Gasteiger partial charge >= 0.3 is 6.03 Å². The van der Waals surface area contributed by atoms with Gasteiger partial charge in [-0.15, -0.1) is 0 Å². The van der Waals surface area contributed by atoms with E-state index in [1.807, 2.05) is 6.07 Å². The van der Waals surface area contributed by atoms with Crippen LogP contribution in [0.3, 0.4) is 0 Å². The number of amides is 2. The molecule has 0 aliphatic heterocycles. The van der Waals surface area contributed by atoms with E-state index in [0.717, 1.165) is 0 Å². The van der Waals surface area contributed by atoms with E-state index in [0.29, 0.717) is 5.56 Å². The number of nitrogens with zero attached hydrogens (tertiary/aromatic N) is 2. The second-order valence-corrected chi connectivity index (χ2v) is 6.35. The summed E-state index contributed by atoms with van der Waals surface area (Å²) in [6.45, 7) is 1.90. The molecule has 0 aromatic heterocycles. The monoisotopic (exact) mass is 310 g/mol. The van der Waals surface area contributed by atoms with Gasteiger partial charge in [-0.2, -0.15) is 5.26 Å². The van der Waals surface area contributed by atoms with Gasteiger partial charge in [-0.05, 0) is 24.6 Å². The van der Waals surface area contributed by atoms with Gasteiger partial charge < -0.3 is 10.2 Å². The number of sulfonamides is 1. The minimum absolute atomic E-state index is 0.0676. The minimum Gasteiger partial charge on any atom is -0.337 e. The quantitative estimate of drug-likeness (QED) is 0.769. The minimum atomic E-state index is -3.71. The van der Waals surface area contributed by atoms with Crippen LogP contribution in [0.1, 0.15) is 11.1 Å². The summed E-state index contributed by atoms with van der Waals surface area (Å²) < 4.78 is 26.7. The molecule has 0 heterocycles. The van der Waals surface area contributed by atoms with Gasteiger partial charge in [0.15, 0.2) is 0 Å². The summed E-state index contributed by atoms with van der Waals surface area (Å²) in [6.07, 6.45) is 0. The number of carbonyl (C=O) groups excluding carboxylic acids is 1. The van der Waals surface area contributed by atoms with Crippen molar-refractivity contribution in [3.63, 3.8) is 0 Å². The van der Waals surface area contributed by atoms with Crippen LogP contribution < -0.4 is 10.0 Å². The summed E-state index contributed by atoms with van der Waals surface area (Å²) in [5, 5.41) is 11.4. The van der Waals surface area contributed by atoms with Crippen molar-refractivity contribution in [2.75, 3.05) is 27.2 Å². The Morgan fingerprint density at radius 3 is 2.57 bits per heavy atom. The van der Waals surface area contributed by atoms with Crippen molar-refractivity contribution in [2.45, 2.75) is 11.8 Å². The first-order valence-corrected chi connectivity index (χ1v) is 7.72. The van der Waals surface area contributed by atoms with E-state index >= 15 is 0 Å². The predicted molar refractivity (Wildman–Crippen MR) is 78.2 cm³/mol. The lowest BCUT2D eigenvalue weighted by Gasteiger charge is -2.13. The van der Waals surface area contributed by atoms with E-state index in [4.69, 9.17) is 5.26 Å². The summed E-state index contributed by atoms with van der Waals surface area (Å²) >= 11 is 0. The van der Waals surface area contributed by atoms with Gasteiger partial charge in [-0.25, -0.2) is 17.9 Å². The molecule has 2 amide bonds. The smallest absolute Gasteiger partial charge is 0.316 e. The molecule has 2 N–H and O–H groups in total. The molecule has 0 aliphatic rings. The number of nitriles is 1. The Bertz CT molecular complexity index is 662. The molecule has 0 saturated carbocycles. The molecule has 0 fully saturated rings. The van der Waals surface area contributed by atoms with Crippen LogP contribution in [0.4, 0.5) is 4.79 Å². The lowest BCUT2D eigenvalue weighted by molar-refractivity contribution is 0.217. The van der Waals surface area contributed by atoms with Crippen LogP contribution in [0.25, 0.3) is 0 Å².